The lowest BCUT2D eigenvalue weighted by Crippen LogP contribution is -2.40. The smallest absolute Gasteiger partial charge is 0.238 e. The zero-order valence-electron chi connectivity index (χ0n) is 19.3. The van der Waals surface area contributed by atoms with Crippen LogP contribution in [0.5, 0.6) is 17.2 Å². The van der Waals surface area contributed by atoms with E-state index in [-0.39, 0.29) is 19.1 Å². The molecule has 0 spiro atoms. The Labute approximate surface area is 190 Å². The van der Waals surface area contributed by atoms with E-state index in [1.807, 2.05) is 42.2 Å². The maximum atomic E-state index is 12.5. The molecule has 0 saturated carbocycles. The summed E-state index contributed by atoms with van der Waals surface area (Å²) in [5.41, 5.74) is 1.53. The molecule has 0 fully saturated rings. The zero-order valence-corrected chi connectivity index (χ0v) is 19.3. The van der Waals surface area contributed by atoms with E-state index in [0.29, 0.717) is 42.6 Å². The summed E-state index contributed by atoms with van der Waals surface area (Å²) in [5.74, 6) is 1.72. The predicted molar refractivity (Wildman–Crippen MR) is 124 cm³/mol. The van der Waals surface area contributed by atoms with Crippen molar-refractivity contribution in [2.75, 3.05) is 52.9 Å². The number of para-hydroxylation sites is 2. The maximum absolute atomic E-state index is 12.5. The van der Waals surface area contributed by atoms with Crippen LogP contribution in [0.4, 0.5) is 5.69 Å². The summed E-state index contributed by atoms with van der Waals surface area (Å²) in [5, 5.41) is 13.3. The van der Waals surface area contributed by atoms with E-state index < -0.39 is 6.10 Å². The van der Waals surface area contributed by atoms with Crippen molar-refractivity contribution in [3.05, 3.63) is 48.0 Å². The molecular weight excluding hydrogens is 412 g/mol. The van der Waals surface area contributed by atoms with Gasteiger partial charge in [-0.2, -0.15) is 0 Å². The molecule has 1 unspecified atom stereocenters. The number of nitrogens with zero attached hydrogens (tertiary/aromatic N) is 1. The number of anilines is 1. The molecule has 0 aliphatic carbocycles. The van der Waals surface area contributed by atoms with Crippen LogP contribution in [0.2, 0.25) is 0 Å². The van der Waals surface area contributed by atoms with Gasteiger partial charge in [0.05, 0.1) is 52.9 Å². The highest BCUT2D eigenvalue weighted by atomic mass is 16.5. The summed E-state index contributed by atoms with van der Waals surface area (Å²) in [6, 6.07) is 12.8. The molecule has 0 aromatic heterocycles. The lowest BCUT2D eigenvalue weighted by Gasteiger charge is -2.24. The first-order chi connectivity index (χ1) is 15.5. The quantitative estimate of drug-likeness (QED) is 0.461. The summed E-state index contributed by atoms with van der Waals surface area (Å²) in [4.78, 5) is 14.4. The maximum Gasteiger partial charge on any atom is 0.238 e. The fraction of sp³-hybridized carbons (Fsp3) is 0.458. The molecule has 0 aliphatic rings. The summed E-state index contributed by atoms with van der Waals surface area (Å²) in [6.45, 7) is 3.71. The van der Waals surface area contributed by atoms with E-state index >= 15 is 0 Å². The number of ether oxygens (including phenoxy) is 4. The Balaban J connectivity index is 1.83. The molecule has 2 aromatic rings. The number of amides is 1. The topological polar surface area (TPSA) is 89.5 Å². The average molecular weight is 447 g/mol. The van der Waals surface area contributed by atoms with Crippen LogP contribution in [0.1, 0.15) is 18.9 Å². The van der Waals surface area contributed by atoms with Crippen molar-refractivity contribution in [2.24, 2.45) is 0 Å². The molecule has 0 radical (unpaired) electrons. The Morgan fingerprint density at radius 3 is 2.44 bits per heavy atom. The number of nitrogens with one attached hydrogen (secondary N) is 1. The van der Waals surface area contributed by atoms with Crippen LogP contribution < -0.4 is 19.5 Å². The van der Waals surface area contributed by atoms with Gasteiger partial charge in [-0.1, -0.05) is 25.1 Å². The number of hydrogen-bond donors (Lipinski definition) is 2. The number of methoxy groups -OCH3 is 3. The molecule has 1 amide bonds. The molecule has 0 heterocycles. The molecule has 176 valence electrons. The van der Waals surface area contributed by atoms with Crippen LogP contribution in [0, 0.1) is 0 Å². The van der Waals surface area contributed by atoms with Crippen LogP contribution in [0.15, 0.2) is 42.5 Å². The van der Waals surface area contributed by atoms with E-state index in [2.05, 4.69) is 5.32 Å². The number of carbonyl (C=O) groups is 1. The number of hydrogen-bond acceptors (Lipinski definition) is 7. The van der Waals surface area contributed by atoms with Crippen molar-refractivity contribution in [3.8, 4) is 17.2 Å². The van der Waals surface area contributed by atoms with Gasteiger partial charge < -0.3 is 29.4 Å². The molecule has 0 saturated heterocycles. The minimum Gasteiger partial charge on any atom is -0.495 e. The number of aliphatic hydroxyl groups excluding tert-OH is 1. The third-order valence-electron chi connectivity index (χ3n) is 4.78. The Hall–Kier alpha value is -2.81. The molecule has 0 bridgehead atoms. The minimum atomic E-state index is -0.722. The molecular formula is C24H34N2O6. The van der Waals surface area contributed by atoms with Gasteiger partial charge in [-0.05, 0) is 42.8 Å². The highest BCUT2D eigenvalue weighted by Crippen LogP contribution is 2.27. The SMILES string of the molecule is CCCN(CC(=O)Nc1ccccc1OC)CC(O)COCc1ccc(OC)c(OC)c1. The molecule has 8 nitrogen and oxygen atoms in total. The first-order valence-electron chi connectivity index (χ1n) is 10.6. The minimum absolute atomic E-state index is 0.155. The lowest BCUT2D eigenvalue weighted by molar-refractivity contribution is -0.117. The summed E-state index contributed by atoms with van der Waals surface area (Å²) in [6.07, 6.45) is 0.141. The number of aliphatic hydroxyl groups is 1. The van der Waals surface area contributed by atoms with Gasteiger partial charge in [0.15, 0.2) is 11.5 Å². The van der Waals surface area contributed by atoms with Crippen LogP contribution in [-0.2, 0) is 16.1 Å². The van der Waals surface area contributed by atoms with Crippen LogP contribution in [0.3, 0.4) is 0 Å². The Bertz CT molecular complexity index is 845. The van der Waals surface area contributed by atoms with Gasteiger partial charge in [-0.15, -0.1) is 0 Å². The summed E-state index contributed by atoms with van der Waals surface area (Å²) in [7, 11) is 4.73. The fourth-order valence-corrected chi connectivity index (χ4v) is 3.33. The van der Waals surface area contributed by atoms with Gasteiger partial charge >= 0.3 is 0 Å². The van der Waals surface area contributed by atoms with E-state index in [0.717, 1.165) is 12.0 Å². The molecule has 2 rings (SSSR count). The lowest BCUT2D eigenvalue weighted by atomic mass is 10.2. The number of rotatable bonds is 14. The highest BCUT2D eigenvalue weighted by molar-refractivity contribution is 5.93. The second-order valence-corrected chi connectivity index (χ2v) is 7.34. The van der Waals surface area contributed by atoms with Crippen molar-refractivity contribution >= 4 is 11.6 Å². The number of carbonyl (C=O) groups excluding carboxylic acids is 1. The van der Waals surface area contributed by atoms with Crippen LogP contribution in [-0.4, -0.2) is 69.6 Å². The van der Waals surface area contributed by atoms with Crippen molar-refractivity contribution in [2.45, 2.75) is 26.1 Å². The summed E-state index contributed by atoms with van der Waals surface area (Å²) >= 11 is 0. The Kier molecular flexibility index (Phi) is 10.8. The van der Waals surface area contributed by atoms with Gasteiger partial charge in [0, 0.05) is 6.54 Å². The van der Waals surface area contributed by atoms with Crippen molar-refractivity contribution in [1.82, 2.24) is 4.90 Å². The molecule has 32 heavy (non-hydrogen) atoms. The molecule has 1 atom stereocenters. The van der Waals surface area contributed by atoms with E-state index in [1.54, 1.807) is 33.5 Å². The van der Waals surface area contributed by atoms with Crippen molar-refractivity contribution in [3.63, 3.8) is 0 Å². The highest BCUT2D eigenvalue weighted by Gasteiger charge is 2.16. The third-order valence-corrected chi connectivity index (χ3v) is 4.78. The Morgan fingerprint density at radius 1 is 1.03 bits per heavy atom. The van der Waals surface area contributed by atoms with E-state index in [9.17, 15) is 9.90 Å². The predicted octanol–water partition coefficient (Wildman–Crippen LogP) is 2.94. The van der Waals surface area contributed by atoms with E-state index in [1.165, 1.54) is 0 Å². The van der Waals surface area contributed by atoms with Gasteiger partial charge in [-0.3, -0.25) is 9.69 Å². The molecule has 0 aliphatic heterocycles. The summed E-state index contributed by atoms with van der Waals surface area (Å²) < 4.78 is 21.5. The zero-order chi connectivity index (χ0) is 23.3. The standard InChI is InChI=1S/C24H34N2O6/c1-5-12-26(15-24(28)25-20-8-6-7-9-21(20)29-2)14-19(27)17-32-16-18-10-11-22(30-3)23(13-18)31-4/h6-11,13,19,27H,5,12,14-17H2,1-4H3,(H,25,28). The number of benzene rings is 2. The monoisotopic (exact) mass is 446 g/mol. The third kappa shape index (κ3) is 8.03. The van der Waals surface area contributed by atoms with E-state index in [4.69, 9.17) is 18.9 Å². The van der Waals surface area contributed by atoms with Gasteiger partial charge in [0.2, 0.25) is 5.91 Å². The van der Waals surface area contributed by atoms with Crippen molar-refractivity contribution in [1.29, 1.82) is 0 Å². The molecule has 2 N–H and O–H groups in total. The molecule has 8 heteroatoms. The molecule has 2 aromatic carbocycles. The van der Waals surface area contributed by atoms with Gasteiger partial charge in [-0.25, -0.2) is 0 Å². The second kappa shape index (κ2) is 13.6. The van der Waals surface area contributed by atoms with Crippen LogP contribution >= 0.6 is 0 Å². The first-order valence-corrected chi connectivity index (χ1v) is 10.6. The van der Waals surface area contributed by atoms with Gasteiger partial charge in [0.1, 0.15) is 5.75 Å². The second-order valence-electron chi connectivity index (χ2n) is 7.34. The Morgan fingerprint density at radius 2 is 1.75 bits per heavy atom. The van der Waals surface area contributed by atoms with Gasteiger partial charge in [0.25, 0.3) is 0 Å². The fourth-order valence-electron chi connectivity index (χ4n) is 3.33. The van der Waals surface area contributed by atoms with Crippen LogP contribution in [0.25, 0.3) is 0 Å². The largest absolute Gasteiger partial charge is 0.495 e. The average Bonchev–Trinajstić information content (AvgIpc) is 2.79. The normalized spacial score (nSPS) is 11.8. The van der Waals surface area contributed by atoms with Crippen molar-refractivity contribution < 1.29 is 28.8 Å². The first kappa shape index (κ1) is 25.5.